The van der Waals surface area contributed by atoms with E-state index in [1.54, 1.807) is 18.3 Å². The van der Waals surface area contributed by atoms with Gasteiger partial charge in [0.25, 0.3) is 0 Å². The number of ketones is 1. The number of pyridine rings is 1. The third-order valence-corrected chi connectivity index (χ3v) is 1.17. The van der Waals surface area contributed by atoms with Gasteiger partial charge < -0.3 is 5.73 Å². The molecule has 0 atom stereocenters. The quantitative estimate of drug-likeness (QED) is 0.582. The first-order chi connectivity index (χ1) is 4.72. The summed E-state index contributed by atoms with van der Waals surface area (Å²) in [5.74, 6) is -0.0990. The molecule has 0 fully saturated rings. The topological polar surface area (TPSA) is 56.0 Å². The average Bonchev–Trinajstić information content (AvgIpc) is 1.88. The molecule has 0 aliphatic heterocycles. The van der Waals surface area contributed by atoms with Crippen LogP contribution in [0.3, 0.4) is 0 Å². The molecule has 0 bridgehead atoms. The van der Waals surface area contributed by atoms with Crippen LogP contribution in [0, 0.1) is 0 Å². The molecule has 10 heavy (non-hydrogen) atoms. The van der Waals surface area contributed by atoms with Gasteiger partial charge in [-0.1, -0.05) is 0 Å². The highest BCUT2D eigenvalue weighted by Crippen LogP contribution is 2.06. The van der Waals surface area contributed by atoms with Gasteiger partial charge in [0.2, 0.25) is 0 Å². The largest absolute Gasteiger partial charge is 0.397 e. The predicted molar refractivity (Wildman–Crippen MR) is 38.7 cm³/mol. The van der Waals surface area contributed by atoms with Crippen LogP contribution in [0.2, 0.25) is 0 Å². The molecule has 1 rings (SSSR count). The van der Waals surface area contributed by atoms with Gasteiger partial charge in [-0.3, -0.25) is 9.78 Å². The molecule has 0 aromatic carbocycles. The molecule has 0 aliphatic rings. The number of hydrogen-bond donors (Lipinski definition) is 1. The standard InChI is InChI=1S/C7H8N2O/c1-5(10)7-6(8)3-2-4-9-7/h2-4H,8H2,1H3. The summed E-state index contributed by atoms with van der Waals surface area (Å²) in [6, 6.07) is 3.35. The minimum absolute atomic E-state index is 0.0990. The first kappa shape index (κ1) is 6.74. The molecule has 0 radical (unpaired) electrons. The Labute approximate surface area is 58.9 Å². The SMILES string of the molecule is CC(=O)c1ncccc1N. The van der Waals surface area contributed by atoms with E-state index in [-0.39, 0.29) is 5.78 Å². The van der Waals surface area contributed by atoms with Gasteiger partial charge in [0.05, 0.1) is 5.69 Å². The van der Waals surface area contributed by atoms with Crippen LogP contribution in [-0.4, -0.2) is 10.8 Å². The molecule has 0 aliphatic carbocycles. The zero-order valence-electron chi connectivity index (χ0n) is 5.66. The van der Waals surface area contributed by atoms with Crippen molar-refractivity contribution < 1.29 is 4.79 Å². The van der Waals surface area contributed by atoms with Crippen LogP contribution in [0.1, 0.15) is 17.4 Å². The van der Waals surface area contributed by atoms with Gasteiger partial charge in [0.1, 0.15) is 5.69 Å². The summed E-state index contributed by atoms with van der Waals surface area (Å²) in [7, 11) is 0. The molecule has 0 amide bonds. The second-order valence-electron chi connectivity index (χ2n) is 2.00. The zero-order valence-corrected chi connectivity index (χ0v) is 5.66. The highest BCUT2D eigenvalue weighted by Gasteiger charge is 2.02. The van der Waals surface area contributed by atoms with Crippen LogP contribution in [0.15, 0.2) is 18.3 Å². The second-order valence-corrected chi connectivity index (χ2v) is 2.00. The summed E-state index contributed by atoms with van der Waals surface area (Å²) in [6.45, 7) is 1.44. The Kier molecular flexibility index (Phi) is 1.67. The molecular weight excluding hydrogens is 128 g/mol. The third-order valence-electron chi connectivity index (χ3n) is 1.17. The number of carbonyl (C=O) groups is 1. The Morgan fingerprint density at radius 1 is 1.70 bits per heavy atom. The summed E-state index contributed by atoms with van der Waals surface area (Å²) < 4.78 is 0. The average molecular weight is 136 g/mol. The number of nitrogens with two attached hydrogens (primary N) is 1. The molecule has 0 spiro atoms. The number of anilines is 1. The lowest BCUT2D eigenvalue weighted by Crippen LogP contribution is -2.01. The fourth-order valence-corrected chi connectivity index (χ4v) is 0.712. The summed E-state index contributed by atoms with van der Waals surface area (Å²) in [5.41, 5.74) is 6.23. The Morgan fingerprint density at radius 3 is 2.80 bits per heavy atom. The molecule has 1 heterocycles. The Bertz CT molecular complexity index is 258. The monoisotopic (exact) mass is 136 g/mol. The van der Waals surface area contributed by atoms with Gasteiger partial charge in [-0.2, -0.15) is 0 Å². The van der Waals surface area contributed by atoms with Crippen LogP contribution >= 0.6 is 0 Å². The predicted octanol–water partition coefficient (Wildman–Crippen LogP) is 0.866. The van der Waals surface area contributed by atoms with Crippen molar-refractivity contribution in [2.45, 2.75) is 6.92 Å². The van der Waals surface area contributed by atoms with E-state index < -0.39 is 0 Å². The van der Waals surface area contributed by atoms with Gasteiger partial charge in [-0.15, -0.1) is 0 Å². The number of carbonyl (C=O) groups excluding carboxylic acids is 1. The van der Waals surface area contributed by atoms with Crippen molar-refractivity contribution in [2.24, 2.45) is 0 Å². The van der Waals surface area contributed by atoms with Gasteiger partial charge in [-0.05, 0) is 12.1 Å². The summed E-state index contributed by atoms with van der Waals surface area (Å²) in [5, 5.41) is 0. The molecule has 0 saturated carbocycles. The van der Waals surface area contributed by atoms with E-state index in [1.165, 1.54) is 6.92 Å². The summed E-state index contributed by atoms with van der Waals surface area (Å²) in [6.07, 6.45) is 1.55. The van der Waals surface area contributed by atoms with E-state index >= 15 is 0 Å². The van der Waals surface area contributed by atoms with Crippen molar-refractivity contribution >= 4 is 11.5 Å². The molecule has 0 unspecified atom stereocenters. The Hall–Kier alpha value is -1.38. The minimum Gasteiger partial charge on any atom is -0.397 e. The molecule has 3 heteroatoms. The molecule has 1 aromatic heterocycles. The lowest BCUT2D eigenvalue weighted by atomic mass is 10.2. The molecular formula is C7H8N2O. The third kappa shape index (κ3) is 1.13. The van der Waals surface area contributed by atoms with Crippen LogP contribution in [0.25, 0.3) is 0 Å². The Balaban J connectivity index is 3.15. The number of nitrogens with zero attached hydrogens (tertiary/aromatic N) is 1. The number of aromatic nitrogens is 1. The van der Waals surface area contributed by atoms with Gasteiger partial charge >= 0.3 is 0 Å². The van der Waals surface area contributed by atoms with Gasteiger partial charge in [0.15, 0.2) is 5.78 Å². The first-order valence-corrected chi connectivity index (χ1v) is 2.93. The van der Waals surface area contributed by atoms with Crippen molar-refractivity contribution in [1.29, 1.82) is 0 Å². The van der Waals surface area contributed by atoms with E-state index in [4.69, 9.17) is 5.73 Å². The fraction of sp³-hybridized carbons (Fsp3) is 0.143. The van der Waals surface area contributed by atoms with E-state index in [0.717, 1.165) is 0 Å². The smallest absolute Gasteiger partial charge is 0.180 e. The lowest BCUT2D eigenvalue weighted by Gasteiger charge is -1.96. The van der Waals surface area contributed by atoms with Crippen LogP contribution < -0.4 is 5.73 Å². The number of nitrogen functional groups attached to an aromatic ring is 1. The van der Waals surface area contributed by atoms with Crippen molar-refractivity contribution in [1.82, 2.24) is 4.98 Å². The maximum Gasteiger partial charge on any atom is 0.180 e. The molecule has 3 nitrogen and oxygen atoms in total. The van der Waals surface area contributed by atoms with Gasteiger partial charge in [-0.25, -0.2) is 0 Å². The second kappa shape index (κ2) is 2.47. The maximum atomic E-state index is 10.7. The highest BCUT2D eigenvalue weighted by molar-refractivity contribution is 5.96. The number of hydrogen-bond acceptors (Lipinski definition) is 3. The van der Waals surface area contributed by atoms with Crippen LogP contribution in [0.5, 0.6) is 0 Å². The summed E-state index contributed by atoms with van der Waals surface area (Å²) in [4.78, 5) is 14.5. The first-order valence-electron chi connectivity index (χ1n) is 2.93. The Morgan fingerprint density at radius 2 is 2.40 bits per heavy atom. The van der Waals surface area contributed by atoms with Crippen molar-refractivity contribution in [3.05, 3.63) is 24.0 Å². The van der Waals surface area contributed by atoms with E-state index in [1.807, 2.05) is 0 Å². The van der Waals surface area contributed by atoms with E-state index in [2.05, 4.69) is 4.98 Å². The lowest BCUT2D eigenvalue weighted by molar-refractivity contribution is 0.101. The van der Waals surface area contributed by atoms with Crippen LogP contribution in [-0.2, 0) is 0 Å². The normalized spacial score (nSPS) is 9.30. The van der Waals surface area contributed by atoms with Crippen molar-refractivity contribution in [3.8, 4) is 0 Å². The molecule has 2 N–H and O–H groups in total. The molecule has 52 valence electrons. The summed E-state index contributed by atoms with van der Waals surface area (Å²) >= 11 is 0. The highest BCUT2D eigenvalue weighted by atomic mass is 16.1. The number of Topliss-reactive ketones (excluding diaryl/α,β-unsaturated/α-hetero) is 1. The van der Waals surface area contributed by atoms with Crippen LogP contribution in [0.4, 0.5) is 5.69 Å². The van der Waals surface area contributed by atoms with Crippen molar-refractivity contribution in [3.63, 3.8) is 0 Å². The van der Waals surface area contributed by atoms with Crippen molar-refractivity contribution in [2.75, 3.05) is 5.73 Å². The van der Waals surface area contributed by atoms with E-state index in [9.17, 15) is 4.79 Å². The zero-order chi connectivity index (χ0) is 7.56. The molecule has 1 aromatic rings. The number of rotatable bonds is 1. The van der Waals surface area contributed by atoms with Gasteiger partial charge in [0, 0.05) is 13.1 Å². The fourth-order valence-electron chi connectivity index (χ4n) is 0.712. The maximum absolute atomic E-state index is 10.7. The molecule has 0 saturated heterocycles. The minimum atomic E-state index is -0.0990. The van der Waals surface area contributed by atoms with E-state index in [0.29, 0.717) is 11.4 Å².